The fourth-order valence-electron chi connectivity index (χ4n) is 6.12. The highest BCUT2D eigenvalue weighted by molar-refractivity contribution is 5.79. The molecular weight excluding hydrogens is 600 g/mol. The quantitative estimate of drug-likeness (QED) is 0.199. The molecule has 4 rings (SSSR count). The summed E-state index contributed by atoms with van der Waals surface area (Å²) in [4.78, 5) is 27.6. The summed E-state index contributed by atoms with van der Waals surface area (Å²) in [5, 5.41) is 38.3. The number of amides is 1. The first kappa shape index (κ1) is 35.9. The Morgan fingerprint density at radius 3 is 2.26 bits per heavy atom. The molecule has 0 aliphatic carbocycles. The lowest BCUT2D eigenvalue weighted by molar-refractivity contribution is -0.132. The molecule has 1 unspecified atom stereocenters. The van der Waals surface area contributed by atoms with Crippen LogP contribution in [0.25, 0.3) is 0 Å². The van der Waals surface area contributed by atoms with Gasteiger partial charge in [0.05, 0.1) is 31.8 Å². The first-order valence-corrected chi connectivity index (χ1v) is 16.5. The number of hydrogen-bond acceptors (Lipinski definition) is 10. The largest absolute Gasteiger partial charge is 0.493 e. The molecule has 1 amide bonds. The molecule has 256 valence electrons. The van der Waals surface area contributed by atoms with Crippen LogP contribution < -0.4 is 9.64 Å². The van der Waals surface area contributed by atoms with Gasteiger partial charge in [-0.2, -0.15) is 0 Å². The van der Waals surface area contributed by atoms with Crippen LogP contribution in [-0.2, 0) is 17.6 Å². The fourth-order valence-corrected chi connectivity index (χ4v) is 6.12. The fraction of sp³-hybridized carbons (Fsp3) is 0.667. The number of rotatable bonds is 16. The van der Waals surface area contributed by atoms with E-state index in [4.69, 9.17) is 9.84 Å². The van der Waals surface area contributed by atoms with Crippen molar-refractivity contribution in [2.24, 2.45) is 5.92 Å². The molecule has 13 heteroatoms. The van der Waals surface area contributed by atoms with Crippen LogP contribution in [0.2, 0.25) is 0 Å². The lowest BCUT2D eigenvalue weighted by Crippen LogP contribution is -2.51. The van der Waals surface area contributed by atoms with Crippen molar-refractivity contribution in [3.05, 3.63) is 47.3 Å². The van der Waals surface area contributed by atoms with Crippen molar-refractivity contribution in [3.8, 4) is 5.75 Å². The van der Waals surface area contributed by atoms with Crippen molar-refractivity contribution >= 4 is 11.9 Å². The molecule has 2 aliphatic rings. The van der Waals surface area contributed by atoms with Crippen molar-refractivity contribution in [2.75, 3.05) is 63.9 Å². The summed E-state index contributed by atoms with van der Waals surface area (Å²) in [7, 11) is 0. The number of halogens is 2. The van der Waals surface area contributed by atoms with E-state index in [1.165, 1.54) is 4.90 Å². The minimum atomic E-state index is -1.32. The number of piperidine rings is 1. The molecule has 2 aliphatic heterocycles. The predicted octanol–water partition coefficient (Wildman–Crippen LogP) is 1.93. The van der Waals surface area contributed by atoms with Crippen LogP contribution in [0.4, 0.5) is 14.7 Å². The van der Waals surface area contributed by atoms with Crippen LogP contribution in [0.1, 0.15) is 56.6 Å². The normalized spacial score (nSPS) is 18.4. The second kappa shape index (κ2) is 17.8. The maximum Gasteiger partial charge on any atom is 0.227 e. The Labute approximate surface area is 269 Å². The second-order valence-electron chi connectivity index (χ2n) is 12.5. The van der Waals surface area contributed by atoms with Crippen LogP contribution in [-0.4, -0.2) is 123 Å². The number of aliphatic hydroxyl groups excluding tert-OH is 4. The topological polar surface area (TPSA) is 143 Å². The Morgan fingerprint density at radius 1 is 1.00 bits per heavy atom. The van der Waals surface area contributed by atoms with Gasteiger partial charge in [-0.15, -0.1) is 0 Å². The molecular formula is C33H49F2N5O6. The smallest absolute Gasteiger partial charge is 0.227 e. The van der Waals surface area contributed by atoms with E-state index in [0.29, 0.717) is 38.7 Å². The molecule has 0 spiro atoms. The summed E-state index contributed by atoms with van der Waals surface area (Å²) in [6.07, 6.45) is 5.69. The standard InChI is InChI=1S/C33H49F2N5O6/c1-2-4-24-19-36-33(37-20-24)40-8-6-23(7-9-40)5-3-14-46-26-16-28(34)27(29(35)17-26)18-32(45)39-12-10-38(11-13-39)21-25(42)15-30(43)31(44)22-41/h16-17,19-20,23,25,30-31,41-44H,2-15,18,21-22H2,1H3/t25-,30+,31?/m1/s1. The van der Waals surface area contributed by atoms with Crippen LogP contribution >= 0.6 is 0 Å². The Hall–Kier alpha value is -2.97. The molecule has 46 heavy (non-hydrogen) atoms. The molecule has 3 heterocycles. The number of β-amino-alcohol motifs (C(OH)–C–C–N with tert-alkyl or cyclic N) is 1. The highest BCUT2D eigenvalue weighted by Crippen LogP contribution is 2.26. The van der Waals surface area contributed by atoms with Gasteiger partial charge in [-0.1, -0.05) is 13.3 Å². The van der Waals surface area contributed by atoms with E-state index in [1.807, 2.05) is 17.3 Å². The number of hydrogen-bond donors (Lipinski definition) is 4. The molecule has 2 saturated heterocycles. The number of anilines is 1. The summed E-state index contributed by atoms with van der Waals surface area (Å²) in [5.74, 6) is -0.585. The van der Waals surface area contributed by atoms with Crippen molar-refractivity contribution < 1.29 is 38.7 Å². The minimum Gasteiger partial charge on any atom is -0.493 e. The highest BCUT2D eigenvalue weighted by Gasteiger charge is 2.27. The highest BCUT2D eigenvalue weighted by atomic mass is 19.1. The summed E-state index contributed by atoms with van der Waals surface area (Å²) < 4.78 is 35.4. The van der Waals surface area contributed by atoms with Gasteiger partial charge in [0.15, 0.2) is 0 Å². The van der Waals surface area contributed by atoms with E-state index in [0.717, 1.165) is 75.3 Å². The van der Waals surface area contributed by atoms with Gasteiger partial charge in [0.1, 0.15) is 23.5 Å². The number of carbonyl (C=O) groups is 1. The zero-order chi connectivity index (χ0) is 33.1. The zero-order valence-electron chi connectivity index (χ0n) is 26.7. The number of carbonyl (C=O) groups excluding carboxylic acids is 1. The minimum absolute atomic E-state index is 0.0935. The van der Waals surface area contributed by atoms with Gasteiger partial charge >= 0.3 is 0 Å². The molecule has 2 fully saturated rings. The van der Waals surface area contributed by atoms with E-state index in [2.05, 4.69) is 21.8 Å². The first-order chi connectivity index (χ1) is 22.2. The van der Waals surface area contributed by atoms with Gasteiger partial charge in [0.25, 0.3) is 0 Å². The maximum absolute atomic E-state index is 14.9. The first-order valence-electron chi connectivity index (χ1n) is 16.5. The Bertz CT molecular complexity index is 1200. The van der Waals surface area contributed by atoms with Crippen molar-refractivity contribution in [2.45, 2.75) is 76.6 Å². The van der Waals surface area contributed by atoms with E-state index >= 15 is 0 Å². The third kappa shape index (κ3) is 10.5. The molecule has 0 saturated carbocycles. The Kier molecular flexibility index (Phi) is 13.9. The number of piperazine rings is 1. The number of nitrogens with zero attached hydrogens (tertiary/aromatic N) is 5. The Morgan fingerprint density at radius 2 is 1.65 bits per heavy atom. The van der Waals surface area contributed by atoms with Gasteiger partial charge in [0.2, 0.25) is 11.9 Å². The van der Waals surface area contributed by atoms with E-state index in [-0.39, 0.29) is 30.2 Å². The third-order valence-corrected chi connectivity index (χ3v) is 8.93. The molecule has 0 radical (unpaired) electrons. The number of aryl methyl sites for hydroxylation is 1. The summed E-state index contributed by atoms with van der Waals surface area (Å²) in [6.45, 7) is 5.46. The predicted molar refractivity (Wildman–Crippen MR) is 168 cm³/mol. The maximum atomic E-state index is 14.9. The molecule has 0 bridgehead atoms. The average Bonchev–Trinajstić information content (AvgIpc) is 3.05. The van der Waals surface area contributed by atoms with Crippen LogP contribution in [0.5, 0.6) is 5.75 Å². The van der Waals surface area contributed by atoms with Crippen molar-refractivity contribution in [1.29, 1.82) is 0 Å². The van der Waals surface area contributed by atoms with Crippen LogP contribution in [0.3, 0.4) is 0 Å². The lowest BCUT2D eigenvalue weighted by atomic mass is 9.92. The van der Waals surface area contributed by atoms with Gasteiger partial charge in [0, 0.05) is 82.3 Å². The number of benzene rings is 1. The van der Waals surface area contributed by atoms with Gasteiger partial charge in [-0.25, -0.2) is 18.7 Å². The van der Waals surface area contributed by atoms with Gasteiger partial charge in [-0.3, -0.25) is 9.69 Å². The lowest BCUT2D eigenvalue weighted by Gasteiger charge is -2.36. The Balaban J connectivity index is 1.14. The monoisotopic (exact) mass is 649 g/mol. The van der Waals surface area contributed by atoms with Gasteiger partial charge < -0.3 is 35.0 Å². The van der Waals surface area contributed by atoms with Crippen molar-refractivity contribution in [1.82, 2.24) is 19.8 Å². The zero-order valence-corrected chi connectivity index (χ0v) is 26.7. The van der Waals surface area contributed by atoms with Crippen molar-refractivity contribution in [3.63, 3.8) is 0 Å². The average molecular weight is 650 g/mol. The summed E-state index contributed by atoms with van der Waals surface area (Å²) in [5.41, 5.74) is 0.866. The molecule has 11 nitrogen and oxygen atoms in total. The number of ether oxygens (including phenoxy) is 1. The summed E-state index contributed by atoms with van der Waals surface area (Å²) >= 11 is 0. The second-order valence-corrected chi connectivity index (χ2v) is 12.5. The summed E-state index contributed by atoms with van der Waals surface area (Å²) in [6, 6.07) is 2.27. The number of aromatic nitrogens is 2. The molecule has 4 N–H and O–H groups in total. The van der Waals surface area contributed by atoms with E-state index in [9.17, 15) is 28.9 Å². The van der Waals surface area contributed by atoms with E-state index < -0.39 is 43.0 Å². The van der Waals surface area contributed by atoms with Crippen LogP contribution in [0.15, 0.2) is 24.5 Å². The molecule has 3 atom stereocenters. The third-order valence-electron chi connectivity index (χ3n) is 8.93. The molecule has 2 aromatic rings. The van der Waals surface area contributed by atoms with E-state index in [1.54, 1.807) is 0 Å². The molecule has 1 aromatic heterocycles. The SMILES string of the molecule is CCCc1cnc(N2CCC(CCCOc3cc(F)c(CC(=O)N4CCN(C[C@H](O)C[C@H](O)C(O)CO)CC4)c(F)c3)CC2)nc1. The van der Waals surface area contributed by atoms with Gasteiger partial charge in [-0.05, 0) is 43.6 Å². The molecule has 1 aromatic carbocycles. The van der Waals surface area contributed by atoms with Crippen LogP contribution in [0, 0.1) is 17.6 Å². The number of aliphatic hydroxyl groups is 4.